The van der Waals surface area contributed by atoms with E-state index in [2.05, 4.69) is 5.16 Å². The molecule has 0 heterocycles. The van der Waals surface area contributed by atoms with Crippen LogP contribution < -0.4 is 0 Å². The molecule has 5 nitrogen and oxygen atoms in total. The molecule has 0 radical (unpaired) electrons. The van der Waals surface area contributed by atoms with E-state index in [-0.39, 0.29) is 0 Å². The summed E-state index contributed by atoms with van der Waals surface area (Å²) in [7, 11) is 0. The van der Waals surface area contributed by atoms with Crippen molar-refractivity contribution in [3.8, 4) is 0 Å². The predicted molar refractivity (Wildman–Crippen MR) is 56.5 cm³/mol. The first-order valence-corrected chi connectivity index (χ1v) is 4.28. The lowest BCUT2D eigenvalue weighted by Crippen LogP contribution is -1.82. The molecular formula is C8H7Cl2NO4. The number of halogens is 2. The third kappa shape index (κ3) is 5.77. The second kappa shape index (κ2) is 6.92. The summed E-state index contributed by atoms with van der Waals surface area (Å²) in [6, 6.07) is 5.10. The van der Waals surface area contributed by atoms with Gasteiger partial charge in [-0.1, -0.05) is 40.5 Å². The molecule has 0 unspecified atom stereocenters. The number of nitrogens with zero attached hydrogens (tertiary/aromatic N) is 1. The fourth-order valence-corrected chi connectivity index (χ4v) is 1.04. The van der Waals surface area contributed by atoms with E-state index in [1.807, 2.05) is 0 Å². The highest BCUT2D eigenvalue weighted by molar-refractivity contribution is 6.43. The minimum absolute atomic E-state index is 0.395. The number of oxime groups is 1. The van der Waals surface area contributed by atoms with Gasteiger partial charge in [-0.3, -0.25) is 0 Å². The van der Waals surface area contributed by atoms with Crippen molar-refractivity contribution >= 4 is 35.6 Å². The average Bonchev–Trinajstić information content (AvgIpc) is 2.12. The maximum absolute atomic E-state index is 8.56. The van der Waals surface area contributed by atoms with Gasteiger partial charge in [-0.05, 0) is 6.07 Å². The van der Waals surface area contributed by atoms with Crippen LogP contribution >= 0.6 is 23.2 Å². The van der Waals surface area contributed by atoms with E-state index in [1.54, 1.807) is 18.2 Å². The smallest absolute Gasteiger partial charge is 0.450 e. The topological polar surface area (TPSA) is 90.1 Å². The van der Waals surface area contributed by atoms with Crippen molar-refractivity contribution < 1.29 is 20.2 Å². The zero-order valence-electron chi connectivity index (χ0n) is 7.26. The summed E-state index contributed by atoms with van der Waals surface area (Å²) in [6.07, 6.45) is -0.603. The molecule has 0 saturated heterocycles. The van der Waals surface area contributed by atoms with Gasteiger partial charge in [-0.2, -0.15) is 0 Å². The molecule has 1 aromatic rings. The molecule has 1 aromatic carbocycles. The first-order valence-electron chi connectivity index (χ1n) is 3.52. The Labute approximate surface area is 95.2 Å². The molecule has 0 fully saturated rings. The van der Waals surface area contributed by atoms with Crippen LogP contribution in [0.1, 0.15) is 5.56 Å². The molecule has 0 amide bonds. The summed E-state index contributed by atoms with van der Waals surface area (Å²) < 4.78 is 0. The van der Waals surface area contributed by atoms with Crippen molar-refractivity contribution in [1.29, 1.82) is 0 Å². The molecule has 0 aliphatic carbocycles. The average molecular weight is 252 g/mol. The van der Waals surface area contributed by atoms with E-state index in [0.29, 0.717) is 15.6 Å². The van der Waals surface area contributed by atoms with Gasteiger partial charge >= 0.3 is 6.16 Å². The number of carboxylic acid groups (broad SMARTS) is 2. The Balaban J connectivity index is 0.000000423. The second-order valence-corrected chi connectivity index (χ2v) is 2.96. The van der Waals surface area contributed by atoms with E-state index in [1.165, 1.54) is 6.21 Å². The molecule has 1 rings (SSSR count). The summed E-state index contributed by atoms with van der Waals surface area (Å²) in [4.78, 5) is 8.56. The highest BCUT2D eigenvalue weighted by Gasteiger charge is 2.00. The SMILES string of the molecule is O=C(O)O.ON=Cc1cccc(Cl)c1Cl. The molecule has 0 saturated carbocycles. The normalized spacial score (nSPS) is 9.47. The van der Waals surface area contributed by atoms with Gasteiger partial charge in [-0.15, -0.1) is 0 Å². The molecule has 0 bridgehead atoms. The fraction of sp³-hybridized carbons (Fsp3) is 0. The molecule has 0 spiro atoms. The molecule has 0 aliphatic heterocycles. The zero-order valence-corrected chi connectivity index (χ0v) is 8.77. The number of carbonyl (C=O) groups is 1. The van der Waals surface area contributed by atoms with Gasteiger partial charge in [-0.25, -0.2) is 4.79 Å². The molecule has 0 aromatic heterocycles. The zero-order chi connectivity index (χ0) is 11.8. The van der Waals surface area contributed by atoms with E-state index in [9.17, 15) is 0 Å². The van der Waals surface area contributed by atoms with Crippen molar-refractivity contribution in [2.45, 2.75) is 0 Å². The minimum Gasteiger partial charge on any atom is -0.450 e. The minimum atomic E-state index is -1.83. The van der Waals surface area contributed by atoms with Crippen LogP contribution in [0, 0.1) is 0 Å². The first-order chi connectivity index (χ1) is 6.99. The van der Waals surface area contributed by atoms with Crippen molar-refractivity contribution in [2.75, 3.05) is 0 Å². The summed E-state index contributed by atoms with van der Waals surface area (Å²) in [5.41, 5.74) is 0.599. The first kappa shape index (κ1) is 13.5. The van der Waals surface area contributed by atoms with Crippen LogP contribution in [0.4, 0.5) is 4.79 Å². The molecule has 3 N–H and O–H groups in total. The van der Waals surface area contributed by atoms with Crippen molar-refractivity contribution in [2.24, 2.45) is 5.16 Å². The number of hydrogen-bond acceptors (Lipinski definition) is 3. The van der Waals surface area contributed by atoms with Gasteiger partial charge in [0.05, 0.1) is 16.3 Å². The van der Waals surface area contributed by atoms with E-state index >= 15 is 0 Å². The van der Waals surface area contributed by atoms with Crippen LogP contribution in [0.5, 0.6) is 0 Å². The van der Waals surface area contributed by atoms with Gasteiger partial charge in [0, 0.05) is 5.56 Å². The lowest BCUT2D eigenvalue weighted by Gasteiger charge is -1.97. The molecule has 15 heavy (non-hydrogen) atoms. The molecule has 82 valence electrons. The van der Waals surface area contributed by atoms with Crippen LogP contribution in [0.2, 0.25) is 10.0 Å². The van der Waals surface area contributed by atoms with Crippen LogP contribution in [-0.2, 0) is 0 Å². The van der Waals surface area contributed by atoms with Gasteiger partial charge in [0.2, 0.25) is 0 Å². The third-order valence-corrected chi connectivity index (χ3v) is 2.01. The Morgan fingerprint density at radius 2 is 1.87 bits per heavy atom. The summed E-state index contributed by atoms with van der Waals surface area (Å²) in [5.74, 6) is 0. The van der Waals surface area contributed by atoms with E-state index < -0.39 is 6.16 Å². The molecular weight excluding hydrogens is 245 g/mol. The van der Waals surface area contributed by atoms with E-state index in [4.69, 9.17) is 43.4 Å². The summed E-state index contributed by atoms with van der Waals surface area (Å²) in [5, 5.41) is 25.8. The Morgan fingerprint density at radius 3 is 2.33 bits per heavy atom. The van der Waals surface area contributed by atoms with Gasteiger partial charge in [0.1, 0.15) is 0 Å². The standard InChI is InChI=1S/C7H5Cl2NO.CH2O3/c8-6-3-1-2-5(4-10-11)7(6)9;2-1(3)4/h1-4,11H;(H2,2,3,4). The highest BCUT2D eigenvalue weighted by Crippen LogP contribution is 2.23. The summed E-state index contributed by atoms with van der Waals surface area (Å²) >= 11 is 11.4. The third-order valence-electron chi connectivity index (χ3n) is 1.18. The van der Waals surface area contributed by atoms with Crippen molar-refractivity contribution in [3.63, 3.8) is 0 Å². The van der Waals surface area contributed by atoms with E-state index in [0.717, 1.165) is 0 Å². The molecule has 0 aliphatic rings. The predicted octanol–water partition coefficient (Wildman–Crippen LogP) is 3.02. The summed E-state index contributed by atoms with van der Waals surface area (Å²) in [6.45, 7) is 0. The lowest BCUT2D eigenvalue weighted by atomic mass is 10.2. The number of benzene rings is 1. The largest absolute Gasteiger partial charge is 0.503 e. The van der Waals surface area contributed by atoms with Gasteiger partial charge in [0.15, 0.2) is 0 Å². The maximum atomic E-state index is 8.56. The van der Waals surface area contributed by atoms with Crippen LogP contribution in [0.3, 0.4) is 0 Å². The Morgan fingerprint density at radius 1 is 1.33 bits per heavy atom. The lowest BCUT2D eigenvalue weighted by molar-refractivity contribution is 0.137. The number of hydrogen-bond donors (Lipinski definition) is 3. The Hall–Kier alpha value is -1.46. The van der Waals surface area contributed by atoms with Gasteiger partial charge in [0.25, 0.3) is 0 Å². The number of rotatable bonds is 1. The van der Waals surface area contributed by atoms with Crippen LogP contribution in [0.25, 0.3) is 0 Å². The van der Waals surface area contributed by atoms with Crippen molar-refractivity contribution in [1.82, 2.24) is 0 Å². The second-order valence-electron chi connectivity index (χ2n) is 2.17. The Kier molecular flexibility index (Phi) is 6.24. The Bertz CT molecular complexity index is 364. The maximum Gasteiger partial charge on any atom is 0.503 e. The van der Waals surface area contributed by atoms with Crippen LogP contribution in [0.15, 0.2) is 23.4 Å². The quantitative estimate of drug-likeness (QED) is 0.407. The molecule has 0 atom stereocenters. The fourth-order valence-electron chi connectivity index (χ4n) is 0.682. The van der Waals surface area contributed by atoms with Crippen molar-refractivity contribution in [3.05, 3.63) is 33.8 Å². The van der Waals surface area contributed by atoms with Gasteiger partial charge < -0.3 is 15.4 Å². The molecule has 7 heteroatoms. The monoisotopic (exact) mass is 251 g/mol. The highest BCUT2D eigenvalue weighted by atomic mass is 35.5. The van der Waals surface area contributed by atoms with Crippen LogP contribution in [-0.4, -0.2) is 27.8 Å².